The van der Waals surface area contributed by atoms with Crippen molar-refractivity contribution in [2.45, 2.75) is 5.92 Å². The van der Waals surface area contributed by atoms with Crippen LogP contribution in [0, 0.1) is 10.1 Å². The molecule has 8 nitrogen and oxygen atoms in total. The van der Waals surface area contributed by atoms with Gasteiger partial charge in [-0.3, -0.25) is 10.1 Å². The minimum Gasteiger partial charge on any atom is -0.508 e. The lowest BCUT2D eigenvalue weighted by Crippen LogP contribution is -2.28. The van der Waals surface area contributed by atoms with Gasteiger partial charge in [0.05, 0.1) is 17.5 Å². The van der Waals surface area contributed by atoms with Crippen LogP contribution in [0.15, 0.2) is 66.2 Å². The molecule has 4 aromatic rings. The first-order valence-electron chi connectivity index (χ1n) is 9.68. The van der Waals surface area contributed by atoms with E-state index in [0.717, 1.165) is 16.3 Å². The van der Waals surface area contributed by atoms with E-state index in [4.69, 9.17) is 9.47 Å². The van der Waals surface area contributed by atoms with Crippen LogP contribution in [0.25, 0.3) is 21.8 Å². The summed E-state index contributed by atoms with van der Waals surface area (Å²) in [5.41, 5.74) is 2.27. The van der Waals surface area contributed by atoms with E-state index in [1.807, 2.05) is 30.3 Å². The number of H-pyrrole nitrogens is 1. The zero-order valence-electron chi connectivity index (χ0n) is 16.8. The Morgan fingerprint density at radius 2 is 1.94 bits per heavy atom. The second kappa shape index (κ2) is 6.94. The number of phenols is 1. The van der Waals surface area contributed by atoms with Gasteiger partial charge in [-0.15, -0.1) is 0 Å². The van der Waals surface area contributed by atoms with Gasteiger partial charge in [0.15, 0.2) is 11.5 Å². The number of hydrogen-bond acceptors (Lipinski definition) is 6. The number of nitrogens with one attached hydrogen (secondary N) is 2. The van der Waals surface area contributed by atoms with Gasteiger partial charge in [-0.25, -0.2) is 0 Å². The van der Waals surface area contributed by atoms with Gasteiger partial charge in [-0.1, -0.05) is 30.3 Å². The normalized spacial score (nSPS) is 15.6. The number of aromatic amines is 1. The number of nitrogens with zero attached hydrogens (tertiary/aromatic N) is 1. The molecule has 1 aromatic heterocycles. The molecule has 0 aliphatic carbocycles. The minimum atomic E-state index is -0.895. The molecule has 0 fully saturated rings. The lowest BCUT2D eigenvalue weighted by atomic mass is 9.84. The van der Waals surface area contributed by atoms with Gasteiger partial charge in [0, 0.05) is 34.5 Å². The third-order valence-corrected chi connectivity index (χ3v) is 5.66. The number of rotatable bonds is 4. The van der Waals surface area contributed by atoms with Crippen molar-refractivity contribution in [3.63, 3.8) is 0 Å². The predicted octanol–water partition coefficient (Wildman–Crippen LogP) is 4.22. The molecule has 0 saturated carbocycles. The molecule has 8 heteroatoms. The van der Waals surface area contributed by atoms with E-state index in [0.29, 0.717) is 28.1 Å². The molecule has 1 atom stereocenters. The summed E-state index contributed by atoms with van der Waals surface area (Å²) < 4.78 is 11.3. The summed E-state index contributed by atoms with van der Waals surface area (Å²) in [6.45, 7) is 0. The molecular weight excluding hydrogens is 398 g/mol. The Balaban J connectivity index is 1.91. The molecule has 0 radical (unpaired) electrons. The molecule has 3 aromatic carbocycles. The molecule has 0 amide bonds. The molecule has 0 saturated heterocycles. The Hall–Kier alpha value is -4.20. The standard InChI is InChI=1S/C23H19N3O5/c1-24-23-21(26(28)29)18(14-7-5-9-17(30-2)22(14)31-23)19-16(27)11-10-13-12-6-3-4-8-15(12)25-20(13)19/h3-11,18,24-25,27H,1-2H3. The van der Waals surface area contributed by atoms with Crippen LogP contribution in [0.4, 0.5) is 0 Å². The van der Waals surface area contributed by atoms with Gasteiger partial charge >= 0.3 is 5.70 Å². The number of fused-ring (bicyclic) bond motifs is 4. The quantitative estimate of drug-likeness (QED) is 0.339. The first-order chi connectivity index (χ1) is 15.0. The van der Waals surface area contributed by atoms with Crippen molar-refractivity contribution >= 4 is 21.8 Å². The molecular formula is C23H19N3O5. The fraction of sp³-hybridized carbons (Fsp3) is 0.130. The van der Waals surface area contributed by atoms with Crippen molar-refractivity contribution in [1.82, 2.24) is 10.3 Å². The van der Waals surface area contributed by atoms with E-state index >= 15 is 0 Å². The third-order valence-electron chi connectivity index (χ3n) is 5.66. The Kier molecular flexibility index (Phi) is 4.21. The summed E-state index contributed by atoms with van der Waals surface area (Å²) in [6.07, 6.45) is 0. The number of methoxy groups -OCH3 is 1. The van der Waals surface area contributed by atoms with E-state index in [2.05, 4.69) is 10.3 Å². The minimum absolute atomic E-state index is 0.000450. The van der Waals surface area contributed by atoms with Crippen molar-refractivity contribution in [2.24, 2.45) is 0 Å². The summed E-state index contributed by atoms with van der Waals surface area (Å²) >= 11 is 0. The van der Waals surface area contributed by atoms with Gasteiger partial charge in [0.1, 0.15) is 11.7 Å². The Morgan fingerprint density at radius 1 is 1.13 bits per heavy atom. The van der Waals surface area contributed by atoms with Crippen LogP contribution in [0.5, 0.6) is 17.2 Å². The van der Waals surface area contributed by atoms with E-state index in [1.165, 1.54) is 7.11 Å². The SMILES string of the molecule is CNC1=C([N+](=O)[O-])C(c2c(O)ccc3c2[nH]c2ccccc23)c2cccc(OC)c2O1. The number of aromatic nitrogens is 1. The topological polar surface area (TPSA) is 110 Å². The van der Waals surface area contributed by atoms with E-state index in [1.54, 1.807) is 31.3 Å². The predicted molar refractivity (Wildman–Crippen MR) is 116 cm³/mol. The van der Waals surface area contributed by atoms with Gasteiger partial charge in [0.25, 0.3) is 5.88 Å². The zero-order chi connectivity index (χ0) is 21.7. The van der Waals surface area contributed by atoms with Crippen LogP contribution >= 0.6 is 0 Å². The fourth-order valence-electron chi connectivity index (χ4n) is 4.34. The van der Waals surface area contributed by atoms with Crippen molar-refractivity contribution in [2.75, 3.05) is 14.2 Å². The molecule has 1 aliphatic rings. The largest absolute Gasteiger partial charge is 0.508 e. The molecule has 5 rings (SSSR count). The maximum absolute atomic E-state index is 12.2. The lowest BCUT2D eigenvalue weighted by molar-refractivity contribution is -0.432. The first kappa shape index (κ1) is 18.8. The van der Waals surface area contributed by atoms with Crippen LogP contribution in [-0.4, -0.2) is 29.2 Å². The highest BCUT2D eigenvalue weighted by atomic mass is 16.6. The highest BCUT2D eigenvalue weighted by Crippen LogP contribution is 2.50. The summed E-state index contributed by atoms with van der Waals surface area (Å²) in [6, 6.07) is 16.4. The smallest absolute Gasteiger partial charge is 0.317 e. The van der Waals surface area contributed by atoms with Crippen LogP contribution < -0.4 is 14.8 Å². The van der Waals surface area contributed by atoms with Crippen molar-refractivity contribution < 1.29 is 19.5 Å². The number of hydrogen-bond donors (Lipinski definition) is 3. The monoisotopic (exact) mass is 417 g/mol. The molecule has 0 spiro atoms. The van der Waals surface area contributed by atoms with Crippen molar-refractivity contribution in [1.29, 1.82) is 0 Å². The maximum Gasteiger partial charge on any atom is 0.317 e. The number of aromatic hydroxyl groups is 1. The van der Waals surface area contributed by atoms with Gasteiger partial charge in [0.2, 0.25) is 0 Å². The molecule has 3 N–H and O–H groups in total. The highest BCUT2D eigenvalue weighted by molar-refractivity contribution is 6.09. The second-order valence-corrected chi connectivity index (χ2v) is 7.23. The summed E-state index contributed by atoms with van der Waals surface area (Å²) in [5, 5.41) is 27.8. The molecule has 1 aliphatic heterocycles. The lowest BCUT2D eigenvalue weighted by Gasteiger charge is -2.27. The first-order valence-corrected chi connectivity index (χ1v) is 9.68. The van der Waals surface area contributed by atoms with E-state index in [-0.39, 0.29) is 17.3 Å². The fourth-order valence-corrected chi connectivity index (χ4v) is 4.34. The van der Waals surface area contributed by atoms with Gasteiger partial charge in [-0.05, 0) is 24.3 Å². The molecule has 0 bridgehead atoms. The van der Waals surface area contributed by atoms with Crippen LogP contribution in [0.1, 0.15) is 17.0 Å². The van der Waals surface area contributed by atoms with Crippen LogP contribution in [0.3, 0.4) is 0 Å². The number of benzene rings is 3. The third kappa shape index (κ3) is 2.68. The van der Waals surface area contributed by atoms with Gasteiger partial charge in [-0.2, -0.15) is 0 Å². The summed E-state index contributed by atoms with van der Waals surface area (Å²) in [5.74, 6) is -0.125. The number of para-hydroxylation sites is 2. The van der Waals surface area contributed by atoms with E-state index in [9.17, 15) is 15.2 Å². The van der Waals surface area contributed by atoms with Gasteiger partial charge < -0.3 is 24.9 Å². The average molecular weight is 417 g/mol. The van der Waals surface area contributed by atoms with Crippen molar-refractivity contribution in [3.05, 3.63) is 87.4 Å². The average Bonchev–Trinajstić information content (AvgIpc) is 3.15. The summed E-state index contributed by atoms with van der Waals surface area (Å²) in [4.78, 5) is 15.1. The maximum atomic E-state index is 12.2. The number of allylic oxidation sites excluding steroid dienone is 1. The number of nitro groups is 1. The zero-order valence-corrected chi connectivity index (χ0v) is 16.8. The molecule has 1 unspecified atom stereocenters. The highest BCUT2D eigenvalue weighted by Gasteiger charge is 2.43. The summed E-state index contributed by atoms with van der Waals surface area (Å²) in [7, 11) is 3.06. The molecule has 2 heterocycles. The van der Waals surface area contributed by atoms with E-state index < -0.39 is 10.8 Å². The van der Waals surface area contributed by atoms with Crippen LogP contribution in [-0.2, 0) is 0 Å². The van der Waals surface area contributed by atoms with Crippen molar-refractivity contribution in [3.8, 4) is 17.2 Å². The molecule has 31 heavy (non-hydrogen) atoms. The van der Waals surface area contributed by atoms with Crippen LogP contribution in [0.2, 0.25) is 0 Å². The Labute approximate surface area is 176 Å². The Morgan fingerprint density at radius 3 is 2.68 bits per heavy atom. The number of phenolic OH excluding ortho intramolecular Hbond substituents is 1. The number of ether oxygens (including phenoxy) is 2. The molecule has 156 valence electrons. The second-order valence-electron chi connectivity index (χ2n) is 7.23. The Bertz CT molecular complexity index is 1390.